The Morgan fingerprint density at radius 3 is 2.12 bits per heavy atom. The number of aryl methyl sites for hydroxylation is 2. The van der Waals surface area contributed by atoms with Crippen LogP contribution in [0.1, 0.15) is 11.1 Å². The van der Waals surface area contributed by atoms with Crippen LogP contribution in [0.5, 0.6) is 5.75 Å². The van der Waals surface area contributed by atoms with Gasteiger partial charge in [0, 0.05) is 11.4 Å². The third kappa shape index (κ3) is 5.34. The molecule has 2 rings (SSSR count). The van der Waals surface area contributed by atoms with Gasteiger partial charge in [0.1, 0.15) is 5.75 Å². The lowest BCUT2D eigenvalue weighted by Crippen LogP contribution is -2.39. The highest BCUT2D eigenvalue weighted by Gasteiger charge is 2.15. The fourth-order valence-corrected chi connectivity index (χ4v) is 2.13. The zero-order valence-electron chi connectivity index (χ0n) is 14.9. The molecule has 2 aromatic carbocycles. The van der Waals surface area contributed by atoms with Gasteiger partial charge in [0.05, 0.1) is 13.7 Å². The lowest BCUT2D eigenvalue weighted by atomic mass is 10.1. The lowest BCUT2D eigenvalue weighted by Gasteiger charge is -2.09. The van der Waals surface area contributed by atoms with Crippen LogP contribution < -0.4 is 20.7 Å². The van der Waals surface area contributed by atoms with E-state index in [0.717, 1.165) is 11.1 Å². The number of hydrogen-bond acceptors (Lipinski definition) is 4. The maximum Gasteiger partial charge on any atom is 0.313 e. The Hall–Kier alpha value is -3.35. The highest BCUT2D eigenvalue weighted by Crippen LogP contribution is 2.15. The molecule has 0 saturated heterocycles. The summed E-state index contributed by atoms with van der Waals surface area (Å²) in [5.41, 5.74) is 3.25. The van der Waals surface area contributed by atoms with Crippen LogP contribution in [0.15, 0.2) is 42.5 Å². The van der Waals surface area contributed by atoms with Gasteiger partial charge in [0.2, 0.25) is 5.91 Å². The average molecular weight is 355 g/mol. The second-order valence-electron chi connectivity index (χ2n) is 5.71. The number of carbonyl (C=O) groups is 3. The smallest absolute Gasteiger partial charge is 0.313 e. The maximum absolute atomic E-state index is 11.9. The predicted molar refractivity (Wildman–Crippen MR) is 99.2 cm³/mol. The van der Waals surface area contributed by atoms with Crippen LogP contribution >= 0.6 is 0 Å². The zero-order chi connectivity index (χ0) is 19.1. The first kappa shape index (κ1) is 19.0. The molecule has 0 unspecified atom stereocenters. The highest BCUT2D eigenvalue weighted by molar-refractivity contribution is 6.39. The minimum atomic E-state index is -0.893. The molecular weight excluding hydrogens is 334 g/mol. The summed E-state index contributed by atoms with van der Waals surface area (Å²) < 4.78 is 5.01. The number of methoxy groups -OCH3 is 1. The van der Waals surface area contributed by atoms with E-state index in [1.54, 1.807) is 30.3 Å². The molecule has 0 spiro atoms. The SMILES string of the molecule is COc1ccc(NC(=O)C(=O)NCC(=O)Nc2ccc(C)c(C)c2)cc1. The molecule has 0 aliphatic heterocycles. The molecule has 0 heterocycles. The fourth-order valence-electron chi connectivity index (χ4n) is 2.13. The van der Waals surface area contributed by atoms with Crippen molar-refractivity contribution in [3.05, 3.63) is 53.6 Å². The number of amides is 3. The van der Waals surface area contributed by atoms with Crippen LogP contribution in [0.4, 0.5) is 11.4 Å². The maximum atomic E-state index is 11.9. The third-order valence-electron chi connectivity index (χ3n) is 3.75. The Labute approximate surface area is 151 Å². The van der Waals surface area contributed by atoms with E-state index in [0.29, 0.717) is 17.1 Å². The minimum Gasteiger partial charge on any atom is -0.497 e. The summed E-state index contributed by atoms with van der Waals surface area (Å²) in [6, 6.07) is 12.0. The third-order valence-corrected chi connectivity index (χ3v) is 3.75. The standard InChI is InChI=1S/C19H21N3O4/c1-12-4-5-15(10-13(12)2)21-17(23)11-20-18(24)19(25)22-14-6-8-16(26-3)9-7-14/h4-10H,11H2,1-3H3,(H,20,24)(H,21,23)(H,22,25). The Bertz CT molecular complexity index is 816. The summed E-state index contributed by atoms with van der Waals surface area (Å²) in [7, 11) is 1.53. The molecule has 7 heteroatoms. The van der Waals surface area contributed by atoms with Crippen molar-refractivity contribution in [2.45, 2.75) is 13.8 Å². The van der Waals surface area contributed by atoms with Crippen LogP contribution in [0.2, 0.25) is 0 Å². The number of carbonyl (C=O) groups excluding carboxylic acids is 3. The van der Waals surface area contributed by atoms with Crippen molar-refractivity contribution in [2.75, 3.05) is 24.3 Å². The number of ether oxygens (including phenoxy) is 1. The molecule has 0 atom stereocenters. The van der Waals surface area contributed by atoms with E-state index in [-0.39, 0.29) is 6.54 Å². The molecule has 2 aromatic rings. The van der Waals surface area contributed by atoms with Gasteiger partial charge in [-0.15, -0.1) is 0 Å². The van der Waals surface area contributed by atoms with Crippen LogP contribution in [0.25, 0.3) is 0 Å². The second kappa shape index (κ2) is 8.66. The molecule has 3 amide bonds. The molecule has 0 aliphatic rings. The van der Waals surface area contributed by atoms with Crippen molar-refractivity contribution in [3.63, 3.8) is 0 Å². The number of nitrogens with one attached hydrogen (secondary N) is 3. The number of anilines is 2. The van der Waals surface area contributed by atoms with Gasteiger partial charge in [-0.05, 0) is 61.4 Å². The molecule has 7 nitrogen and oxygen atoms in total. The molecule has 0 radical (unpaired) electrons. The molecule has 0 saturated carbocycles. The summed E-state index contributed by atoms with van der Waals surface area (Å²) >= 11 is 0. The summed E-state index contributed by atoms with van der Waals surface area (Å²) in [5, 5.41) is 7.39. The zero-order valence-corrected chi connectivity index (χ0v) is 14.9. The molecule has 0 aromatic heterocycles. The summed E-state index contributed by atoms with van der Waals surface area (Å²) in [5.74, 6) is -1.53. The van der Waals surface area contributed by atoms with E-state index in [2.05, 4.69) is 16.0 Å². The van der Waals surface area contributed by atoms with Crippen molar-refractivity contribution >= 4 is 29.1 Å². The van der Waals surface area contributed by atoms with Gasteiger partial charge in [0.25, 0.3) is 0 Å². The Kier molecular flexibility index (Phi) is 6.32. The summed E-state index contributed by atoms with van der Waals surface area (Å²) in [4.78, 5) is 35.5. The molecular formula is C19H21N3O4. The number of hydrogen-bond donors (Lipinski definition) is 3. The van der Waals surface area contributed by atoms with Crippen molar-refractivity contribution < 1.29 is 19.1 Å². The van der Waals surface area contributed by atoms with Gasteiger partial charge in [-0.1, -0.05) is 6.07 Å². The normalized spacial score (nSPS) is 9.96. The first-order valence-electron chi connectivity index (χ1n) is 7.99. The summed E-state index contributed by atoms with van der Waals surface area (Å²) in [6.07, 6.45) is 0. The first-order valence-corrected chi connectivity index (χ1v) is 7.99. The van der Waals surface area contributed by atoms with Gasteiger partial charge >= 0.3 is 11.8 Å². The van der Waals surface area contributed by atoms with E-state index < -0.39 is 17.7 Å². The average Bonchev–Trinajstić information content (AvgIpc) is 2.63. The van der Waals surface area contributed by atoms with Crippen LogP contribution in [-0.2, 0) is 14.4 Å². The van der Waals surface area contributed by atoms with Gasteiger partial charge in [0.15, 0.2) is 0 Å². The van der Waals surface area contributed by atoms with E-state index in [1.165, 1.54) is 7.11 Å². The van der Waals surface area contributed by atoms with Gasteiger partial charge in [-0.2, -0.15) is 0 Å². The van der Waals surface area contributed by atoms with Gasteiger partial charge in [-0.25, -0.2) is 0 Å². The molecule has 0 fully saturated rings. The lowest BCUT2D eigenvalue weighted by molar-refractivity contribution is -0.136. The Morgan fingerprint density at radius 1 is 0.846 bits per heavy atom. The number of benzene rings is 2. The van der Waals surface area contributed by atoms with E-state index in [9.17, 15) is 14.4 Å². The number of rotatable bonds is 5. The second-order valence-corrected chi connectivity index (χ2v) is 5.71. The van der Waals surface area contributed by atoms with Gasteiger partial charge in [-0.3, -0.25) is 14.4 Å². The minimum absolute atomic E-state index is 0.304. The van der Waals surface area contributed by atoms with Crippen molar-refractivity contribution in [3.8, 4) is 5.75 Å². The van der Waals surface area contributed by atoms with Crippen LogP contribution in [0.3, 0.4) is 0 Å². The highest BCUT2D eigenvalue weighted by atomic mass is 16.5. The fraction of sp³-hybridized carbons (Fsp3) is 0.211. The Balaban J connectivity index is 1.81. The molecule has 0 aliphatic carbocycles. The van der Waals surface area contributed by atoms with Gasteiger partial charge < -0.3 is 20.7 Å². The monoisotopic (exact) mass is 355 g/mol. The molecule has 3 N–H and O–H groups in total. The predicted octanol–water partition coefficient (Wildman–Crippen LogP) is 2.01. The first-order chi connectivity index (χ1) is 12.4. The molecule has 136 valence electrons. The molecule has 0 bridgehead atoms. The van der Waals surface area contributed by atoms with E-state index in [4.69, 9.17) is 4.74 Å². The van der Waals surface area contributed by atoms with E-state index >= 15 is 0 Å². The largest absolute Gasteiger partial charge is 0.497 e. The van der Waals surface area contributed by atoms with Crippen molar-refractivity contribution in [1.82, 2.24) is 5.32 Å². The quantitative estimate of drug-likeness (QED) is 0.715. The van der Waals surface area contributed by atoms with Crippen LogP contribution in [0, 0.1) is 13.8 Å². The molecule has 26 heavy (non-hydrogen) atoms. The topological polar surface area (TPSA) is 96.5 Å². The Morgan fingerprint density at radius 2 is 1.50 bits per heavy atom. The van der Waals surface area contributed by atoms with E-state index in [1.807, 2.05) is 26.0 Å². The van der Waals surface area contributed by atoms with Crippen molar-refractivity contribution in [1.29, 1.82) is 0 Å². The van der Waals surface area contributed by atoms with Crippen molar-refractivity contribution in [2.24, 2.45) is 0 Å². The summed E-state index contributed by atoms with van der Waals surface area (Å²) in [6.45, 7) is 3.61. The van der Waals surface area contributed by atoms with Crippen LogP contribution in [-0.4, -0.2) is 31.4 Å².